The lowest BCUT2D eigenvalue weighted by atomic mass is 9.82. The van der Waals surface area contributed by atoms with Crippen LogP contribution in [0.25, 0.3) is 0 Å². The van der Waals surface area contributed by atoms with Gasteiger partial charge in [-0.25, -0.2) is 0 Å². The number of fused-ring (bicyclic) bond motifs is 2. The minimum Gasteiger partial charge on any atom is -0.432 e. The molecule has 2 N–H and O–H groups in total. The lowest BCUT2D eigenvalue weighted by molar-refractivity contribution is -0.146. The zero-order valence-corrected chi connectivity index (χ0v) is 31.9. The van der Waals surface area contributed by atoms with Crippen molar-refractivity contribution in [3.8, 4) is 0 Å². The second kappa shape index (κ2) is 14.5. The van der Waals surface area contributed by atoms with Crippen molar-refractivity contribution in [3.63, 3.8) is 0 Å². The second-order valence-electron chi connectivity index (χ2n) is 14.2. The number of aliphatic hydroxyl groups excluding tert-OH is 1. The molecular weight excluding hydrogens is 738 g/mol. The fourth-order valence-corrected chi connectivity index (χ4v) is 11.1. The Hall–Kier alpha value is -4.46. The molecule has 2 aliphatic heterocycles. The first-order valence-corrected chi connectivity index (χ1v) is 21.3. The molecule has 12 heteroatoms. The Labute approximate surface area is 312 Å². The number of hydrogen-bond acceptors (Lipinski definition) is 7. The van der Waals surface area contributed by atoms with Crippen LogP contribution in [-0.2, 0) is 33.0 Å². The Bertz CT molecular complexity index is 2040. The fraction of sp³-hybridized carbons (Fsp3) is 0.300. The van der Waals surface area contributed by atoms with Crippen molar-refractivity contribution in [2.45, 2.75) is 62.7 Å². The average Bonchev–Trinajstić information content (AvgIpc) is 3.80. The highest BCUT2D eigenvalue weighted by atomic mass is 79.9. The number of hydrogen-bond donors (Lipinski definition) is 2. The van der Waals surface area contributed by atoms with E-state index in [1.807, 2.05) is 129 Å². The molecule has 52 heavy (non-hydrogen) atoms. The highest BCUT2D eigenvalue weighted by Gasteiger charge is 2.66. The van der Waals surface area contributed by atoms with Gasteiger partial charge in [0, 0.05) is 45.6 Å². The van der Waals surface area contributed by atoms with Gasteiger partial charge in [-0.05, 0) is 73.1 Å². The zero-order valence-electron chi connectivity index (χ0n) is 29.3. The summed E-state index contributed by atoms with van der Waals surface area (Å²) in [5, 5.41) is 18.9. The number of benzene rings is 4. The van der Waals surface area contributed by atoms with E-state index in [4.69, 9.17) is 4.74 Å². The number of carbonyl (C=O) groups excluding carboxylic acids is 2. The molecule has 3 heterocycles. The van der Waals surface area contributed by atoms with Crippen LogP contribution < -0.4 is 9.80 Å². The molecule has 5 aromatic rings. The molecule has 0 aliphatic carbocycles. The Morgan fingerprint density at radius 1 is 1.00 bits per heavy atom. The number of ether oxygens (including phenoxy) is 1. The van der Waals surface area contributed by atoms with E-state index < -0.39 is 20.0 Å². The van der Waals surface area contributed by atoms with Gasteiger partial charge in [-0.3, -0.25) is 19.2 Å². The van der Waals surface area contributed by atoms with Crippen molar-refractivity contribution in [1.82, 2.24) is 15.0 Å². The zero-order chi connectivity index (χ0) is 36.6. The molecule has 4 aromatic carbocycles. The topological polar surface area (TPSA) is 121 Å². The quantitative estimate of drug-likeness (QED) is 0.105. The molecule has 7 rings (SSSR count). The summed E-state index contributed by atoms with van der Waals surface area (Å²) in [6, 6.07) is 32.7. The summed E-state index contributed by atoms with van der Waals surface area (Å²) in [5.41, 5.74) is 4.05. The van der Waals surface area contributed by atoms with Crippen LogP contribution >= 0.6 is 15.9 Å². The molecule has 1 unspecified atom stereocenters. The maximum absolute atomic E-state index is 14.9. The van der Waals surface area contributed by atoms with Gasteiger partial charge >= 0.3 is 0 Å². The highest BCUT2D eigenvalue weighted by molar-refractivity contribution is 9.10. The third-order valence-corrected chi connectivity index (χ3v) is 13.6. The number of aromatic nitrogens is 3. The Kier molecular flexibility index (Phi) is 10.0. The van der Waals surface area contributed by atoms with E-state index in [-0.39, 0.29) is 29.9 Å². The molecule has 1 aromatic heterocycles. The molecular formula is C40H42BrN5O5Si. The number of anilines is 3. The van der Waals surface area contributed by atoms with Crippen molar-refractivity contribution in [2.75, 3.05) is 16.4 Å². The minimum absolute atomic E-state index is 0.0938. The Morgan fingerprint density at radius 2 is 1.67 bits per heavy atom. The maximum Gasteiger partial charge on any atom is 0.264 e. The molecule has 0 saturated carbocycles. The summed E-state index contributed by atoms with van der Waals surface area (Å²) in [5.74, 6) is -0.760. The number of halogens is 1. The molecule has 5 atom stereocenters. The van der Waals surface area contributed by atoms with Crippen molar-refractivity contribution in [1.29, 1.82) is 0 Å². The predicted molar refractivity (Wildman–Crippen MR) is 206 cm³/mol. The number of aliphatic hydroxyl groups is 1. The molecule has 2 aliphatic rings. The minimum atomic E-state index is -2.87. The van der Waals surface area contributed by atoms with Crippen LogP contribution in [0, 0.1) is 5.92 Å². The van der Waals surface area contributed by atoms with E-state index in [0.717, 1.165) is 44.6 Å². The molecule has 268 valence electrons. The predicted octanol–water partition coefficient (Wildman–Crippen LogP) is 6.89. The first-order chi connectivity index (χ1) is 25.0. The maximum atomic E-state index is 14.9. The van der Waals surface area contributed by atoms with Crippen LogP contribution in [0.3, 0.4) is 0 Å². The molecule has 2 amide bonds. The second-order valence-corrected chi connectivity index (χ2v) is 19.1. The SMILES string of the molecule is C[C@@H]1[C@@H]([Si](C)(C)O)[C@H](CCn2cc(C(CO)c3ccccc3)nn2)O[C@@]12C(=O)N(Cc1ccc(N(C=O)c3ccccc3)cc1)c1ccc(Br)cc12. The van der Waals surface area contributed by atoms with Crippen LogP contribution in [0.1, 0.15) is 41.6 Å². The van der Waals surface area contributed by atoms with Gasteiger partial charge < -0.3 is 19.5 Å². The fourth-order valence-electron chi connectivity index (χ4n) is 8.18. The van der Waals surface area contributed by atoms with E-state index in [0.29, 0.717) is 25.2 Å². The molecule has 0 bridgehead atoms. The van der Waals surface area contributed by atoms with Crippen molar-refractivity contribution >= 4 is 53.6 Å². The van der Waals surface area contributed by atoms with Gasteiger partial charge in [0.05, 0.1) is 36.6 Å². The summed E-state index contributed by atoms with van der Waals surface area (Å²) >= 11 is 3.64. The van der Waals surface area contributed by atoms with E-state index >= 15 is 0 Å². The molecule has 1 spiro atoms. The molecule has 1 saturated heterocycles. The van der Waals surface area contributed by atoms with Crippen LogP contribution in [-0.4, -0.2) is 58.2 Å². The lowest BCUT2D eigenvalue weighted by Gasteiger charge is -2.32. The smallest absolute Gasteiger partial charge is 0.264 e. The summed E-state index contributed by atoms with van der Waals surface area (Å²) in [6.07, 6.45) is 2.74. The van der Waals surface area contributed by atoms with Crippen LogP contribution in [0.15, 0.2) is 114 Å². The van der Waals surface area contributed by atoms with Crippen LogP contribution in [0.4, 0.5) is 17.1 Å². The first-order valence-electron chi connectivity index (χ1n) is 17.5. The number of amides is 2. The van der Waals surface area contributed by atoms with Gasteiger partial charge in [0.25, 0.3) is 5.91 Å². The van der Waals surface area contributed by atoms with Gasteiger partial charge in [-0.2, -0.15) is 0 Å². The largest absolute Gasteiger partial charge is 0.432 e. The number of carbonyl (C=O) groups is 2. The number of para-hydroxylation sites is 1. The highest BCUT2D eigenvalue weighted by Crippen LogP contribution is 2.60. The van der Waals surface area contributed by atoms with Crippen molar-refractivity contribution in [3.05, 3.63) is 136 Å². The van der Waals surface area contributed by atoms with Crippen molar-refractivity contribution in [2.24, 2.45) is 5.92 Å². The van der Waals surface area contributed by atoms with Gasteiger partial charge in [-0.1, -0.05) is 88.7 Å². The van der Waals surface area contributed by atoms with E-state index in [2.05, 4.69) is 26.2 Å². The first kappa shape index (κ1) is 35.9. The van der Waals surface area contributed by atoms with E-state index in [9.17, 15) is 19.5 Å². The molecule has 1 fully saturated rings. The normalized spacial score (nSPS) is 21.8. The van der Waals surface area contributed by atoms with E-state index in [1.165, 1.54) is 0 Å². The lowest BCUT2D eigenvalue weighted by Crippen LogP contribution is -2.46. The Morgan fingerprint density at radius 3 is 2.33 bits per heavy atom. The standard InChI is InChI=1S/C40H42BrN5O5Si/c1-27-38(52(2,3)50)37(20-21-44-24-35(42-43-44)33(25-47)29-10-6-4-7-11-29)51-40(27)34-22-30(41)16-19-36(34)45(39(40)49)23-28-14-17-32(18-15-28)46(26-48)31-12-8-5-9-13-31/h4-19,22,24,26-27,33,37-38,47,50H,20-21,23,25H2,1-3H3/t27-,33?,37+,38-,40+/m1/s1. The summed E-state index contributed by atoms with van der Waals surface area (Å²) in [6.45, 7) is 6.55. The monoisotopic (exact) mass is 779 g/mol. The number of nitrogens with zero attached hydrogens (tertiary/aromatic N) is 5. The van der Waals surface area contributed by atoms with Gasteiger partial charge in [0.2, 0.25) is 6.41 Å². The van der Waals surface area contributed by atoms with Crippen molar-refractivity contribution < 1.29 is 24.2 Å². The van der Waals surface area contributed by atoms with Gasteiger partial charge in [0.1, 0.15) is 0 Å². The third kappa shape index (κ3) is 6.54. The summed E-state index contributed by atoms with van der Waals surface area (Å²) in [4.78, 5) is 42.0. The summed E-state index contributed by atoms with van der Waals surface area (Å²) < 4.78 is 9.61. The molecule has 0 radical (unpaired) electrons. The van der Waals surface area contributed by atoms with E-state index in [1.54, 1.807) is 14.5 Å². The number of aryl methyl sites for hydroxylation is 1. The summed E-state index contributed by atoms with van der Waals surface area (Å²) in [7, 11) is -2.87. The van der Waals surface area contributed by atoms with Gasteiger partial charge in [-0.15, -0.1) is 5.10 Å². The van der Waals surface area contributed by atoms with Crippen LogP contribution in [0.5, 0.6) is 0 Å². The Balaban J connectivity index is 1.15. The number of rotatable bonds is 12. The third-order valence-electron chi connectivity index (χ3n) is 10.6. The molecule has 10 nitrogen and oxygen atoms in total. The average molecular weight is 781 g/mol. The van der Waals surface area contributed by atoms with Gasteiger partial charge in [0.15, 0.2) is 13.9 Å². The van der Waals surface area contributed by atoms with Crippen LogP contribution in [0.2, 0.25) is 18.6 Å².